The third-order valence-electron chi connectivity index (χ3n) is 4.23. The third kappa shape index (κ3) is 29.3. The van der Waals surface area contributed by atoms with Crippen LogP contribution in [-0.4, -0.2) is 62.4 Å². The van der Waals surface area contributed by atoms with Gasteiger partial charge in [-0.2, -0.15) is 13.2 Å². The molecule has 13 heteroatoms. The maximum atomic E-state index is 10.7. The van der Waals surface area contributed by atoms with Crippen molar-refractivity contribution >= 4 is 27.5 Å². The quantitative estimate of drug-likeness (QED) is 0.156. The molecule has 0 bridgehead atoms. The van der Waals surface area contributed by atoms with Crippen LogP contribution in [0, 0.1) is 37.3 Å². The van der Waals surface area contributed by atoms with Gasteiger partial charge in [0.25, 0.3) is 0 Å². The van der Waals surface area contributed by atoms with Crippen LogP contribution in [-0.2, 0) is 20.2 Å². The summed E-state index contributed by atoms with van der Waals surface area (Å²) in [6.45, 7) is 9.42. The summed E-state index contributed by atoms with van der Waals surface area (Å²) in [5.74, 6) is 0. The smallest absolute Gasteiger partial charge is 0.485 e. The molecule has 0 aliphatic heterocycles. The van der Waals surface area contributed by atoms with Crippen LogP contribution in [0.4, 0.5) is 13.2 Å². The van der Waals surface area contributed by atoms with Crippen molar-refractivity contribution in [2.24, 2.45) is 0 Å². The van der Waals surface area contributed by atoms with Crippen LogP contribution in [0.1, 0.15) is 79.1 Å². The molecule has 6 nitrogen and oxygen atoms in total. The summed E-state index contributed by atoms with van der Waals surface area (Å²) in [6, 6.07) is 0. The number of rotatable bonds is 12. The molecule has 0 rings (SSSR count). The zero-order valence-electron chi connectivity index (χ0n) is 19.1. The van der Waals surface area contributed by atoms with Crippen molar-refractivity contribution in [2.75, 3.05) is 30.9 Å². The first-order chi connectivity index (χ1) is 13.5. The monoisotopic (exact) mass is 669 g/mol. The standard InChI is InChI=1S/C16H36P.CHF3O3S.CH4O3S.Er/c1-5-9-13-17(14-10-6-2,15-11-7-3)16-12-8-4;2-1(3,4)8(5,6)7;1-5(2,3)4;/h5-16H2,1-4H3;(H,5,6,7);1H3,(H,2,3,4);/q+1;;;/p-2. The minimum atomic E-state index is -6.09. The number of hydrogen-bond donors (Lipinski definition) is 0. The van der Waals surface area contributed by atoms with Crippen LogP contribution in [0.2, 0.25) is 0 Å². The van der Waals surface area contributed by atoms with Crippen molar-refractivity contribution < 1.29 is 76.4 Å². The van der Waals surface area contributed by atoms with Gasteiger partial charge in [0.15, 0.2) is 10.1 Å². The fourth-order valence-corrected chi connectivity index (χ4v) is 7.93. The second-order valence-corrected chi connectivity index (χ2v) is 14.5. The topological polar surface area (TPSA) is 114 Å². The summed E-state index contributed by atoms with van der Waals surface area (Å²) in [6.07, 6.45) is 18.6. The summed E-state index contributed by atoms with van der Waals surface area (Å²) in [7, 11) is -10.6. The largest absolute Gasteiger partial charge is 0.748 e. The second-order valence-electron chi connectivity index (χ2n) is 7.25. The van der Waals surface area contributed by atoms with Gasteiger partial charge in [-0.15, -0.1) is 0 Å². The van der Waals surface area contributed by atoms with E-state index in [9.17, 15) is 13.2 Å². The van der Waals surface area contributed by atoms with E-state index < -0.39 is 33.0 Å². The number of halogens is 3. The molecule has 0 radical (unpaired) electrons. The van der Waals surface area contributed by atoms with E-state index in [2.05, 4.69) is 27.7 Å². The van der Waals surface area contributed by atoms with E-state index in [1.807, 2.05) is 0 Å². The van der Waals surface area contributed by atoms with Crippen molar-refractivity contribution in [3.8, 4) is 0 Å². The molecule has 0 N–H and O–H groups in total. The average molecular weight is 671 g/mol. The SMILES string of the molecule is CCCC[P+](CCCC)(CCCC)CCCC.CS(=O)(=O)[O-].O=S(=O)([O-])C(F)(F)F.[Er]. The molecule has 0 amide bonds. The molecule has 0 aliphatic carbocycles. The molecule has 0 atom stereocenters. The molecule has 0 aromatic carbocycles. The Balaban J connectivity index is -0.000000216. The first-order valence-corrected chi connectivity index (χ1v) is 16.0. The first kappa shape index (κ1) is 39.5. The third-order valence-corrected chi connectivity index (χ3v) is 9.85. The normalized spacial score (nSPS) is 12.1. The molecular formula is C18H39ErF3O6PS2-. The predicted molar refractivity (Wildman–Crippen MR) is 117 cm³/mol. The second kappa shape index (κ2) is 20.6. The zero-order valence-corrected chi connectivity index (χ0v) is 23.5. The first-order valence-electron chi connectivity index (χ1n) is 10.3. The number of hydrogen-bond acceptors (Lipinski definition) is 6. The van der Waals surface area contributed by atoms with Crippen molar-refractivity contribution in [3.63, 3.8) is 0 Å². The zero-order chi connectivity index (χ0) is 24.5. The van der Waals surface area contributed by atoms with E-state index in [4.69, 9.17) is 25.9 Å². The van der Waals surface area contributed by atoms with Crippen LogP contribution in [0.25, 0.3) is 0 Å². The van der Waals surface area contributed by atoms with E-state index in [1.54, 1.807) is 24.6 Å². The summed E-state index contributed by atoms with van der Waals surface area (Å²) >= 11 is 0. The van der Waals surface area contributed by atoms with Gasteiger partial charge in [0.1, 0.15) is 0 Å². The fourth-order valence-electron chi connectivity index (χ4n) is 2.64. The Morgan fingerprint density at radius 2 is 0.839 bits per heavy atom. The molecular weight excluding hydrogens is 632 g/mol. The van der Waals surface area contributed by atoms with Gasteiger partial charge in [-0.25, -0.2) is 16.8 Å². The molecule has 31 heavy (non-hydrogen) atoms. The van der Waals surface area contributed by atoms with E-state index in [-0.39, 0.29) is 37.3 Å². The Bertz CT molecular complexity index is 569. The Hall–Kier alpha value is 1.29. The van der Waals surface area contributed by atoms with Gasteiger partial charge in [0, 0.05) is 50.8 Å². The van der Waals surface area contributed by atoms with Gasteiger partial charge in [-0.1, -0.05) is 53.4 Å². The molecule has 198 valence electrons. The van der Waals surface area contributed by atoms with Gasteiger partial charge < -0.3 is 9.11 Å². The van der Waals surface area contributed by atoms with E-state index in [1.165, 1.54) is 51.4 Å². The summed E-state index contributed by atoms with van der Waals surface area (Å²) in [5.41, 5.74) is -5.65. The molecule has 0 spiro atoms. The Morgan fingerprint density at radius 3 is 0.935 bits per heavy atom. The van der Waals surface area contributed by atoms with E-state index in [0.717, 1.165) is 0 Å². The Morgan fingerprint density at radius 1 is 0.677 bits per heavy atom. The van der Waals surface area contributed by atoms with Gasteiger partial charge in [0.05, 0.1) is 34.8 Å². The van der Waals surface area contributed by atoms with Gasteiger partial charge in [0.2, 0.25) is 0 Å². The molecule has 0 aromatic rings. The minimum Gasteiger partial charge on any atom is -0.748 e. The summed E-state index contributed by atoms with van der Waals surface area (Å²) in [5, 5.41) is 0. The van der Waals surface area contributed by atoms with Crippen molar-refractivity contribution in [1.29, 1.82) is 0 Å². The van der Waals surface area contributed by atoms with Crippen molar-refractivity contribution in [3.05, 3.63) is 0 Å². The molecule has 0 aromatic heterocycles. The molecule has 0 aliphatic rings. The maximum absolute atomic E-state index is 10.7. The predicted octanol–water partition coefficient (Wildman–Crippen LogP) is 5.42. The number of unbranched alkanes of at least 4 members (excludes halogenated alkanes) is 4. The number of alkyl halides is 3. The van der Waals surface area contributed by atoms with Crippen molar-refractivity contribution in [1.82, 2.24) is 0 Å². The summed E-state index contributed by atoms with van der Waals surface area (Å²) < 4.78 is 86.1. The molecule has 0 fully saturated rings. The van der Waals surface area contributed by atoms with Crippen LogP contribution in [0.3, 0.4) is 0 Å². The minimum absolute atomic E-state index is 0. The van der Waals surface area contributed by atoms with Crippen LogP contribution in [0.5, 0.6) is 0 Å². The Kier molecular flexibility index (Phi) is 26.3. The fraction of sp³-hybridized carbons (Fsp3) is 1.00. The Labute approximate surface area is 218 Å². The molecule has 0 unspecified atom stereocenters. The summed E-state index contributed by atoms with van der Waals surface area (Å²) in [4.78, 5) is 0. The van der Waals surface area contributed by atoms with Gasteiger partial charge in [-0.3, -0.25) is 0 Å². The van der Waals surface area contributed by atoms with E-state index in [0.29, 0.717) is 6.26 Å². The van der Waals surface area contributed by atoms with Crippen LogP contribution >= 0.6 is 7.26 Å². The molecule has 0 heterocycles. The molecule has 0 saturated heterocycles. The van der Waals surface area contributed by atoms with Gasteiger partial charge in [-0.05, 0) is 25.7 Å². The van der Waals surface area contributed by atoms with E-state index >= 15 is 0 Å². The average Bonchev–Trinajstić information content (AvgIpc) is 2.58. The van der Waals surface area contributed by atoms with Crippen molar-refractivity contribution in [2.45, 2.75) is 84.6 Å². The van der Waals surface area contributed by atoms with Crippen LogP contribution < -0.4 is 0 Å². The molecule has 0 saturated carbocycles. The van der Waals surface area contributed by atoms with Crippen LogP contribution in [0.15, 0.2) is 0 Å². The maximum Gasteiger partial charge on any atom is 0.485 e. The van der Waals surface area contributed by atoms with Gasteiger partial charge >= 0.3 is 5.51 Å².